The summed E-state index contributed by atoms with van der Waals surface area (Å²) < 4.78 is 41.0. The van der Waals surface area contributed by atoms with E-state index < -0.39 is 12.7 Å². The average Bonchev–Trinajstić information content (AvgIpc) is 2.34. The van der Waals surface area contributed by atoms with Gasteiger partial charge in [0.1, 0.15) is 0 Å². The van der Waals surface area contributed by atoms with Gasteiger partial charge in [0, 0.05) is 13.2 Å². The van der Waals surface area contributed by atoms with Crippen LogP contribution in [0.15, 0.2) is 0 Å². The molecular formula is C8H14F3NO. The van der Waals surface area contributed by atoms with Gasteiger partial charge in [-0.25, -0.2) is 0 Å². The van der Waals surface area contributed by atoms with E-state index in [0.717, 1.165) is 12.8 Å². The maximum absolute atomic E-state index is 12.0. The molecule has 0 aromatic carbocycles. The maximum Gasteiger partial charge on any atom is 0.401 e. The molecular weight excluding hydrogens is 183 g/mol. The average molecular weight is 197 g/mol. The van der Waals surface area contributed by atoms with Crippen LogP contribution in [0.1, 0.15) is 12.8 Å². The number of halogens is 3. The summed E-state index contributed by atoms with van der Waals surface area (Å²) in [5.41, 5.74) is 0. The summed E-state index contributed by atoms with van der Waals surface area (Å²) in [6.45, 7) is 0.130. The van der Waals surface area contributed by atoms with Gasteiger partial charge in [-0.2, -0.15) is 13.2 Å². The molecule has 0 unspecified atom stereocenters. The number of nitrogens with zero attached hydrogens (tertiary/aromatic N) is 1. The van der Waals surface area contributed by atoms with E-state index in [1.54, 1.807) is 0 Å². The number of methoxy groups -OCH3 is 1. The van der Waals surface area contributed by atoms with E-state index in [9.17, 15) is 13.2 Å². The van der Waals surface area contributed by atoms with Gasteiger partial charge in [-0.05, 0) is 19.4 Å². The van der Waals surface area contributed by atoms with Crippen LogP contribution >= 0.6 is 0 Å². The zero-order chi connectivity index (χ0) is 9.90. The monoisotopic (exact) mass is 197 g/mol. The summed E-state index contributed by atoms with van der Waals surface area (Å²) in [7, 11) is 1.52. The highest BCUT2D eigenvalue weighted by Gasteiger charge is 2.35. The first-order valence-corrected chi connectivity index (χ1v) is 4.32. The van der Waals surface area contributed by atoms with Crippen molar-refractivity contribution in [2.45, 2.75) is 25.1 Å². The van der Waals surface area contributed by atoms with Crippen LogP contribution in [0.5, 0.6) is 0 Å². The quantitative estimate of drug-likeness (QED) is 0.682. The fraction of sp³-hybridized carbons (Fsp3) is 1.00. The summed E-state index contributed by atoms with van der Waals surface area (Å²) in [5.74, 6) is 0. The van der Waals surface area contributed by atoms with E-state index >= 15 is 0 Å². The highest BCUT2D eigenvalue weighted by molar-refractivity contribution is 4.80. The van der Waals surface area contributed by atoms with Gasteiger partial charge < -0.3 is 4.74 Å². The summed E-state index contributed by atoms with van der Waals surface area (Å²) in [6.07, 6.45) is -2.44. The minimum absolute atomic E-state index is 0.0494. The topological polar surface area (TPSA) is 12.5 Å². The molecule has 78 valence electrons. The second-order valence-electron chi connectivity index (χ2n) is 3.34. The van der Waals surface area contributed by atoms with Crippen molar-refractivity contribution in [2.24, 2.45) is 0 Å². The molecule has 1 aliphatic heterocycles. The third kappa shape index (κ3) is 3.52. The van der Waals surface area contributed by atoms with Crippen molar-refractivity contribution in [1.29, 1.82) is 0 Å². The Hall–Kier alpha value is -0.290. The van der Waals surface area contributed by atoms with Crippen molar-refractivity contribution in [3.05, 3.63) is 0 Å². The van der Waals surface area contributed by atoms with Gasteiger partial charge in [0.15, 0.2) is 0 Å². The van der Waals surface area contributed by atoms with Gasteiger partial charge in [-0.3, -0.25) is 4.90 Å². The van der Waals surface area contributed by atoms with E-state index in [4.69, 9.17) is 4.74 Å². The highest BCUT2D eigenvalue weighted by Crippen LogP contribution is 2.23. The normalized spacial score (nSPS) is 25.4. The lowest BCUT2D eigenvalue weighted by atomic mass is 10.2. The zero-order valence-corrected chi connectivity index (χ0v) is 7.60. The van der Waals surface area contributed by atoms with Crippen molar-refractivity contribution in [2.75, 3.05) is 26.8 Å². The molecule has 1 saturated heterocycles. The van der Waals surface area contributed by atoms with Gasteiger partial charge in [0.2, 0.25) is 0 Å². The lowest BCUT2D eigenvalue weighted by Crippen LogP contribution is -2.39. The molecule has 0 N–H and O–H groups in total. The summed E-state index contributed by atoms with van der Waals surface area (Å²) in [5, 5.41) is 0. The molecule has 5 heteroatoms. The maximum atomic E-state index is 12.0. The van der Waals surface area contributed by atoms with Crippen LogP contribution in [0.2, 0.25) is 0 Å². The van der Waals surface area contributed by atoms with Crippen LogP contribution in [0, 0.1) is 0 Å². The Kier molecular flexibility index (Phi) is 3.55. The first kappa shape index (κ1) is 10.8. The molecule has 0 aromatic rings. The molecule has 1 aliphatic rings. The second kappa shape index (κ2) is 4.28. The van der Waals surface area contributed by atoms with E-state index in [2.05, 4.69) is 0 Å². The van der Waals surface area contributed by atoms with Crippen LogP contribution in [-0.4, -0.2) is 43.9 Å². The second-order valence-corrected chi connectivity index (χ2v) is 3.34. The predicted octanol–water partition coefficient (Wildman–Crippen LogP) is 1.66. The predicted molar refractivity (Wildman–Crippen MR) is 42.5 cm³/mol. The minimum Gasteiger partial charge on any atom is -0.383 e. The highest BCUT2D eigenvalue weighted by atomic mass is 19.4. The van der Waals surface area contributed by atoms with Gasteiger partial charge in [-0.1, -0.05) is 0 Å². The van der Waals surface area contributed by atoms with Crippen molar-refractivity contribution in [1.82, 2.24) is 4.90 Å². The summed E-state index contributed by atoms with van der Waals surface area (Å²) in [6, 6.07) is -0.0494. The molecule has 0 radical (unpaired) electrons. The third-order valence-corrected chi connectivity index (χ3v) is 2.24. The van der Waals surface area contributed by atoms with Gasteiger partial charge in [-0.15, -0.1) is 0 Å². The van der Waals surface area contributed by atoms with Crippen molar-refractivity contribution >= 4 is 0 Å². The van der Waals surface area contributed by atoms with Crippen molar-refractivity contribution in [3.8, 4) is 0 Å². The number of hydrogen-bond acceptors (Lipinski definition) is 2. The Labute approximate surface area is 75.7 Å². The Morgan fingerprint density at radius 1 is 1.46 bits per heavy atom. The van der Waals surface area contributed by atoms with Crippen molar-refractivity contribution < 1.29 is 17.9 Å². The smallest absolute Gasteiger partial charge is 0.383 e. The fourth-order valence-electron chi connectivity index (χ4n) is 1.71. The first-order chi connectivity index (χ1) is 6.03. The standard InChI is InChI=1S/C8H14F3NO/c1-13-5-7-3-2-4-12(7)6-8(9,10)11/h7H,2-6H2,1H3/t7-/m0/s1. The largest absolute Gasteiger partial charge is 0.401 e. The summed E-state index contributed by atoms with van der Waals surface area (Å²) >= 11 is 0. The molecule has 1 fully saturated rings. The third-order valence-electron chi connectivity index (χ3n) is 2.24. The molecule has 1 heterocycles. The lowest BCUT2D eigenvalue weighted by Gasteiger charge is -2.24. The molecule has 0 aromatic heterocycles. The molecule has 0 bridgehead atoms. The number of alkyl halides is 3. The van der Waals surface area contributed by atoms with Gasteiger partial charge >= 0.3 is 6.18 Å². The molecule has 0 saturated carbocycles. The molecule has 13 heavy (non-hydrogen) atoms. The van der Waals surface area contributed by atoms with E-state index in [0.29, 0.717) is 13.2 Å². The lowest BCUT2D eigenvalue weighted by molar-refractivity contribution is -0.149. The molecule has 1 rings (SSSR count). The van der Waals surface area contributed by atoms with E-state index in [-0.39, 0.29) is 6.04 Å². The Bertz CT molecular complexity index is 160. The molecule has 0 amide bonds. The van der Waals surface area contributed by atoms with E-state index in [1.165, 1.54) is 12.0 Å². The first-order valence-electron chi connectivity index (χ1n) is 4.32. The molecule has 1 atom stereocenters. The minimum atomic E-state index is -4.09. The Morgan fingerprint density at radius 2 is 2.15 bits per heavy atom. The SMILES string of the molecule is COC[C@@H]1CCCN1CC(F)(F)F. The number of rotatable bonds is 3. The van der Waals surface area contributed by atoms with Crippen LogP contribution in [0.25, 0.3) is 0 Å². The Balaban J connectivity index is 2.39. The van der Waals surface area contributed by atoms with Gasteiger partial charge in [0.05, 0.1) is 13.2 Å². The van der Waals surface area contributed by atoms with Crippen LogP contribution in [0.3, 0.4) is 0 Å². The van der Waals surface area contributed by atoms with Crippen molar-refractivity contribution in [3.63, 3.8) is 0 Å². The summed E-state index contributed by atoms with van der Waals surface area (Å²) in [4.78, 5) is 1.45. The number of likely N-dealkylation sites (tertiary alicyclic amines) is 1. The number of ether oxygens (including phenoxy) is 1. The Morgan fingerprint density at radius 3 is 2.69 bits per heavy atom. The fourth-order valence-corrected chi connectivity index (χ4v) is 1.71. The van der Waals surface area contributed by atoms with Crippen LogP contribution in [0.4, 0.5) is 13.2 Å². The van der Waals surface area contributed by atoms with Crippen LogP contribution < -0.4 is 0 Å². The molecule has 0 spiro atoms. The molecule has 2 nitrogen and oxygen atoms in total. The zero-order valence-electron chi connectivity index (χ0n) is 7.60. The van der Waals surface area contributed by atoms with Crippen LogP contribution in [-0.2, 0) is 4.74 Å². The number of hydrogen-bond donors (Lipinski definition) is 0. The van der Waals surface area contributed by atoms with Gasteiger partial charge in [0.25, 0.3) is 0 Å². The van der Waals surface area contributed by atoms with E-state index in [1.807, 2.05) is 0 Å². The molecule has 0 aliphatic carbocycles.